The van der Waals surface area contributed by atoms with E-state index >= 15 is 0 Å². The summed E-state index contributed by atoms with van der Waals surface area (Å²) in [5.74, 6) is 0.421. The van der Waals surface area contributed by atoms with Crippen LogP contribution in [0.5, 0.6) is 0 Å². The first-order chi connectivity index (χ1) is 11.8. The van der Waals surface area contributed by atoms with Crippen molar-refractivity contribution in [1.29, 1.82) is 0 Å². The van der Waals surface area contributed by atoms with E-state index in [1.54, 1.807) is 11.3 Å². The molecule has 24 heavy (non-hydrogen) atoms. The van der Waals surface area contributed by atoms with Gasteiger partial charge >= 0.3 is 0 Å². The molecule has 1 aromatic heterocycles. The Morgan fingerprint density at radius 2 is 2.21 bits per heavy atom. The van der Waals surface area contributed by atoms with Gasteiger partial charge in [0.25, 0.3) is 5.91 Å². The lowest BCUT2D eigenvalue weighted by atomic mass is 9.95. The minimum Gasteiger partial charge on any atom is -0.381 e. The van der Waals surface area contributed by atoms with Gasteiger partial charge in [0.1, 0.15) is 5.01 Å². The summed E-state index contributed by atoms with van der Waals surface area (Å²) >= 11 is 1.64. The minimum atomic E-state index is -0.280. The summed E-state index contributed by atoms with van der Waals surface area (Å²) in [5, 5.41) is 6.33. The molecule has 1 saturated carbocycles. The molecule has 1 saturated heterocycles. The minimum absolute atomic E-state index is 0.00728. The number of rotatable bonds is 4. The molecule has 126 valence electrons. The number of hydrogen-bond donors (Lipinski definition) is 1. The number of nitrogens with one attached hydrogen (secondary N) is 1. The lowest BCUT2D eigenvalue weighted by Crippen LogP contribution is -2.43. The van der Waals surface area contributed by atoms with Crippen molar-refractivity contribution in [3.63, 3.8) is 0 Å². The largest absolute Gasteiger partial charge is 0.381 e. The van der Waals surface area contributed by atoms with E-state index in [0.29, 0.717) is 5.92 Å². The van der Waals surface area contributed by atoms with Gasteiger partial charge in [0.05, 0.1) is 12.1 Å². The van der Waals surface area contributed by atoms with E-state index in [2.05, 4.69) is 16.4 Å². The Hall–Kier alpha value is -1.72. The van der Waals surface area contributed by atoms with Crippen LogP contribution in [0, 0.1) is 0 Å². The second-order valence-corrected chi connectivity index (χ2v) is 7.66. The summed E-state index contributed by atoms with van der Waals surface area (Å²) in [6, 6.07) is 8.01. The third-order valence-corrected chi connectivity index (χ3v) is 6.18. The Balaban J connectivity index is 1.56. The Morgan fingerprint density at radius 1 is 1.33 bits per heavy atom. The van der Waals surface area contributed by atoms with Gasteiger partial charge in [-0.25, -0.2) is 4.98 Å². The molecule has 2 heterocycles. The fourth-order valence-electron chi connectivity index (χ4n) is 3.85. The van der Waals surface area contributed by atoms with Crippen LogP contribution in [0.2, 0.25) is 0 Å². The van der Waals surface area contributed by atoms with Gasteiger partial charge in [-0.05, 0) is 37.0 Å². The zero-order chi connectivity index (χ0) is 16.4. The smallest absolute Gasteiger partial charge is 0.252 e. The number of carbonyl (C=O) groups is 1. The maximum atomic E-state index is 12.9. The van der Waals surface area contributed by atoms with Crippen LogP contribution in [0.3, 0.4) is 0 Å². The van der Waals surface area contributed by atoms with Gasteiger partial charge in [-0.3, -0.25) is 4.79 Å². The fourth-order valence-corrected chi connectivity index (χ4v) is 4.70. The quantitative estimate of drug-likeness (QED) is 0.918. The molecule has 1 aliphatic carbocycles. The lowest BCUT2D eigenvalue weighted by molar-refractivity contribution is 0.0898. The van der Waals surface area contributed by atoms with E-state index in [1.807, 2.05) is 29.8 Å². The Kier molecular flexibility index (Phi) is 4.37. The van der Waals surface area contributed by atoms with Crippen molar-refractivity contribution in [2.75, 3.05) is 13.2 Å². The number of aromatic nitrogens is 1. The predicted molar refractivity (Wildman–Crippen MR) is 94.3 cm³/mol. The van der Waals surface area contributed by atoms with Gasteiger partial charge < -0.3 is 10.1 Å². The molecule has 1 aromatic carbocycles. The van der Waals surface area contributed by atoms with Crippen LogP contribution in [-0.2, 0) is 10.3 Å². The van der Waals surface area contributed by atoms with E-state index in [1.165, 1.54) is 5.56 Å². The number of nitrogens with zero attached hydrogens (tertiary/aromatic N) is 1. The molecule has 5 heteroatoms. The maximum Gasteiger partial charge on any atom is 0.252 e. The van der Waals surface area contributed by atoms with Crippen LogP contribution in [0.25, 0.3) is 0 Å². The lowest BCUT2D eigenvalue weighted by Gasteiger charge is -2.28. The zero-order valence-electron chi connectivity index (χ0n) is 13.7. The highest BCUT2D eigenvalue weighted by atomic mass is 32.1. The third-order valence-electron chi connectivity index (χ3n) is 5.20. The van der Waals surface area contributed by atoms with Crippen molar-refractivity contribution < 1.29 is 9.53 Å². The molecule has 1 unspecified atom stereocenters. The first kappa shape index (κ1) is 15.8. The van der Waals surface area contributed by atoms with Gasteiger partial charge in [-0.1, -0.05) is 25.0 Å². The molecule has 4 rings (SSSR count). The predicted octanol–water partition coefficient (Wildman–Crippen LogP) is 3.85. The van der Waals surface area contributed by atoms with Crippen LogP contribution in [-0.4, -0.2) is 24.1 Å². The van der Waals surface area contributed by atoms with Crippen LogP contribution in [0.15, 0.2) is 35.8 Å². The van der Waals surface area contributed by atoms with E-state index in [-0.39, 0.29) is 11.4 Å². The zero-order valence-corrected chi connectivity index (χ0v) is 14.5. The molecular weight excluding hydrogens is 320 g/mol. The number of carbonyl (C=O) groups excluding carboxylic acids is 1. The second-order valence-electron chi connectivity index (χ2n) is 6.77. The Morgan fingerprint density at radius 3 is 2.92 bits per heavy atom. The molecule has 2 fully saturated rings. The monoisotopic (exact) mass is 342 g/mol. The average molecular weight is 342 g/mol. The van der Waals surface area contributed by atoms with Crippen LogP contribution in [0.4, 0.5) is 0 Å². The molecule has 0 spiro atoms. The molecule has 1 atom stereocenters. The number of thiazole rings is 1. The molecule has 2 aromatic rings. The standard InChI is InChI=1S/C19H22N2O2S/c22-17(15-5-3-4-14(12-15)16-6-10-23-13-16)21-19(7-1-2-8-19)18-20-9-11-24-18/h3-5,9,11-12,16H,1-2,6-8,10,13H2,(H,21,22). The molecule has 0 radical (unpaired) electrons. The van der Waals surface area contributed by atoms with Gasteiger partial charge in [-0.2, -0.15) is 0 Å². The highest BCUT2D eigenvalue weighted by molar-refractivity contribution is 7.09. The van der Waals surface area contributed by atoms with Crippen molar-refractivity contribution in [2.45, 2.75) is 43.6 Å². The molecule has 0 bridgehead atoms. The van der Waals surface area contributed by atoms with Gasteiger partial charge in [0, 0.05) is 29.7 Å². The van der Waals surface area contributed by atoms with E-state index < -0.39 is 0 Å². The summed E-state index contributed by atoms with van der Waals surface area (Å²) < 4.78 is 5.48. The number of amides is 1. The second kappa shape index (κ2) is 6.65. The third kappa shape index (κ3) is 2.98. The fraction of sp³-hybridized carbons (Fsp3) is 0.474. The number of ether oxygens (including phenoxy) is 1. The van der Waals surface area contributed by atoms with E-state index in [0.717, 1.165) is 55.9 Å². The molecule has 1 aliphatic heterocycles. The number of hydrogen-bond acceptors (Lipinski definition) is 4. The normalized spacial score (nSPS) is 22.6. The molecule has 1 amide bonds. The first-order valence-electron chi connectivity index (χ1n) is 8.67. The van der Waals surface area contributed by atoms with Crippen molar-refractivity contribution in [3.8, 4) is 0 Å². The molecule has 2 aliphatic rings. The van der Waals surface area contributed by atoms with E-state index in [4.69, 9.17) is 4.74 Å². The molecule has 4 nitrogen and oxygen atoms in total. The molecule has 1 N–H and O–H groups in total. The summed E-state index contributed by atoms with van der Waals surface area (Å²) in [5.41, 5.74) is 1.66. The van der Waals surface area contributed by atoms with Crippen molar-refractivity contribution in [1.82, 2.24) is 10.3 Å². The van der Waals surface area contributed by atoms with Crippen molar-refractivity contribution >= 4 is 17.2 Å². The summed E-state index contributed by atoms with van der Waals surface area (Å²) in [4.78, 5) is 17.4. The first-order valence-corrected chi connectivity index (χ1v) is 9.55. The van der Waals surface area contributed by atoms with E-state index in [9.17, 15) is 4.79 Å². The van der Waals surface area contributed by atoms with Crippen LogP contribution >= 0.6 is 11.3 Å². The van der Waals surface area contributed by atoms with Crippen molar-refractivity contribution in [3.05, 3.63) is 52.0 Å². The Bertz CT molecular complexity index is 702. The highest BCUT2D eigenvalue weighted by Crippen LogP contribution is 2.40. The van der Waals surface area contributed by atoms with Crippen LogP contribution in [0.1, 0.15) is 59.0 Å². The van der Waals surface area contributed by atoms with Crippen LogP contribution < -0.4 is 5.32 Å². The Labute approximate surface area is 146 Å². The summed E-state index contributed by atoms with van der Waals surface area (Å²) in [6.45, 7) is 1.57. The van der Waals surface area contributed by atoms with Gasteiger partial charge in [0.15, 0.2) is 0 Å². The topological polar surface area (TPSA) is 51.2 Å². The maximum absolute atomic E-state index is 12.9. The van der Waals surface area contributed by atoms with Gasteiger partial charge in [0.2, 0.25) is 0 Å². The molecular formula is C19H22N2O2S. The van der Waals surface area contributed by atoms with Crippen molar-refractivity contribution in [2.24, 2.45) is 0 Å². The number of benzene rings is 1. The SMILES string of the molecule is O=C(NC1(c2nccs2)CCCC1)c1cccc(C2CCOC2)c1. The average Bonchev–Trinajstić information content (AvgIpc) is 3.36. The van der Waals surface area contributed by atoms with Gasteiger partial charge in [-0.15, -0.1) is 11.3 Å². The summed E-state index contributed by atoms with van der Waals surface area (Å²) in [7, 11) is 0. The summed E-state index contributed by atoms with van der Waals surface area (Å²) in [6.07, 6.45) is 7.09. The highest BCUT2D eigenvalue weighted by Gasteiger charge is 2.39.